The zero-order valence-corrected chi connectivity index (χ0v) is 23.8. The van der Waals surface area contributed by atoms with E-state index in [1.54, 1.807) is 25.3 Å². The number of likely N-dealkylation sites (tertiary alicyclic amines) is 1. The van der Waals surface area contributed by atoms with E-state index < -0.39 is 6.03 Å². The summed E-state index contributed by atoms with van der Waals surface area (Å²) in [4.78, 5) is 33.1. The molecule has 0 atom stereocenters. The maximum Gasteiger partial charge on any atom is 0.323 e. The Bertz CT molecular complexity index is 1370. The number of para-hydroxylation sites is 2. The summed E-state index contributed by atoms with van der Waals surface area (Å²) in [5, 5.41) is 6.30. The Hall–Kier alpha value is -3.91. The number of rotatable bonds is 6. The molecule has 210 valence electrons. The molecule has 0 bridgehead atoms. The van der Waals surface area contributed by atoms with Crippen LogP contribution in [0.25, 0.3) is 0 Å². The molecule has 9 heteroatoms. The molecule has 2 N–H and O–H groups in total. The molecular formula is C31H36ClN5O3. The van der Waals surface area contributed by atoms with Gasteiger partial charge in [0.25, 0.3) is 5.91 Å². The number of nitrogens with one attached hydrogen (secondary N) is 2. The normalized spacial score (nSPS) is 15.5. The van der Waals surface area contributed by atoms with Gasteiger partial charge in [-0.15, -0.1) is 0 Å². The summed E-state index contributed by atoms with van der Waals surface area (Å²) in [7, 11) is 1.69. The lowest BCUT2D eigenvalue weighted by Gasteiger charge is -2.39. The van der Waals surface area contributed by atoms with E-state index in [1.165, 1.54) is 0 Å². The lowest BCUT2D eigenvalue weighted by Crippen LogP contribution is -2.47. The number of hydrogen-bond acceptors (Lipinski definition) is 5. The third kappa shape index (κ3) is 6.28. The summed E-state index contributed by atoms with van der Waals surface area (Å²) in [6.07, 6.45) is 3.17. The number of benzene rings is 3. The molecule has 2 fully saturated rings. The maximum atomic E-state index is 13.8. The average molecular weight is 562 g/mol. The summed E-state index contributed by atoms with van der Waals surface area (Å²) < 4.78 is 5.57. The van der Waals surface area contributed by atoms with E-state index in [0.717, 1.165) is 81.2 Å². The first-order valence-corrected chi connectivity index (χ1v) is 14.2. The minimum absolute atomic E-state index is 0.0104. The second kappa shape index (κ2) is 12.5. The van der Waals surface area contributed by atoms with Crippen molar-refractivity contribution in [2.45, 2.75) is 26.2 Å². The van der Waals surface area contributed by atoms with Crippen LogP contribution in [-0.4, -0.2) is 63.2 Å². The molecule has 5 rings (SSSR count). The fraction of sp³-hybridized carbons (Fsp3) is 0.355. The number of anilines is 4. The Kier molecular flexibility index (Phi) is 8.65. The van der Waals surface area contributed by atoms with Gasteiger partial charge in [0.2, 0.25) is 0 Å². The Morgan fingerprint density at radius 1 is 0.775 bits per heavy atom. The predicted octanol–water partition coefficient (Wildman–Crippen LogP) is 6.25. The van der Waals surface area contributed by atoms with Crippen molar-refractivity contribution >= 4 is 46.3 Å². The SMILES string of the molecule is COc1ccccc1N1CCN(c2ccc(NC(=O)Nc3ccc(C)c(Cl)c3)cc2C(=O)N2CCCCC2)CC1. The van der Waals surface area contributed by atoms with Gasteiger partial charge in [-0.2, -0.15) is 0 Å². The number of halogens is 1. The number of aryl methyl sites for hydroxylation is 1. The number of methoxy groups -OCH3 is 1. The largest absolute Gasteiger partial charge is 0.495 e. The fourth-order valence-electron chi connectivity index (χ4n) is 5.37. The number of carbonyl (C=O) groups is 2. The highest BCUT2D eigenvalue weighted by Crippen LogP contribution is 2.32. The highest BCUT2D eigenvalue weighted by molar-refractivity contribution is 6.31. The van der Waals surface area contributed by atoms with E-state index in [9.17, 15) is 9.59 Å². The van der Waals surface area contributed by atoms with Crippen molar-refractivity contribution in [3.63, 3.8) is 0 Å². The summed E-state index contributed by atoms with van der Waals surface area (Å²) in [5.74, 6) is 0.870. The number of piperidine rings is 1. The smallest absolute Gasteiger partial charge is 0.323 e. The summed E-state index contributed by atoms with van der Waals surface area (Å²) in [6, 6.07) is 18.7. The van der Waals surface area contributed by atoms with Gasteiger partial charge in [0.1, 0.15) is 5.75 Å². The van der Waals surface area contributed by atoms with Gasteiger partial charge < -0.3 is 30.1 Å². The molecule has 2 aliphatic rings. The molecular weight excluding hydrogens is 526 g/mol. The van der Waals surface area contributed by atoms with Crippen molar-refractivity contribution in [2.75, 3.05) is 66.8 Å². The van der Waals surface area contributed by atoms with Crippen molar-refractivity contribution in [2.24, 2.45) is 0 Å². The molecule has 0 saturated carbocycles. The standard InChI is InChI=1S/C31H36ClN5O3/c1-22-10-11-24(21-26(22)32)34-31(39)33-23-12-13-27(25(20-23)30(38)37-14-6-3-7-15-37)35-16-18-36(19-17-35)28-8-4-5-9-29(28)40-2/h4-5,8-13,20-21H,3,6-7,14-19H2,1-2H3,(H2,33,34,39). The lowest BCUT2D eigenvalue weighted by molar-refractivity contribution is 0.0725. The van der Waals surface area contributed by atoms with Crippen molar-refractivity contribution in [1.82, 2.24) is 4.90 Å². The molecule has 8 nitrogen and oxygen atoms in total. The fourth-order valence-corrected chi connectivity index (χ4v) is 5.55. The number of amides is 3. The second-order valence-corrected chi connectivity index (χ2v) is 10.7. The molecule has 0 aliphatic carbocycles. The van der Waals surface area contributed by atoms with Gasteiger partial charge in [-0.05, 0) is 74.2 Å². The van der Waals surface area contributed by atoms with E-state index in [2.05, 4.69) is 26.5 Å². The van der Waals surface area contributed by atoms with Crippen LogP contribution in [0, 0.1) is 6.92 Å². The van der Waals surface area contributed by atoms with Crippen LogP contribution in [0.15, 0.2) is 60.7 Å². The van der Waals surface area contributed by atoms with E-state index in [-0.39, 0.29) is 5.91 Å². The molecule has 3 aromatic rings. The number of urea groups is 1. The van der Waals surface area contributed by atoms with E-state index in [1.807, 2.05) is 48.2 Å². The summed E-state index contributed by atoms with van der Waals surface area (Å²) >= 11 is 6.21. The Morgan fingerprint density at radius 2 is 1.40 bits per heavy atom. The monoisotopic (exact) mass is 561 g/mol. The van der Waals surface area contributed by atoms with Crippen LogP contribution in [0.1, 0.15) is 35.2 Å². The van der Waals surface area contributed by atoms with Crippen LogP contribution >= 0.6 is 11.6 Å². The molecule has 0 unspecified atom stereocenters. The minimum atomic E-state index is -0.394. The summed E-state index contributed by atoms with van der Waals surface area (Å²) in [6.45, 7) is 6.56. The topological polar surface area (TPSA) is 77.1 Å². The third-order valence-corrected chi connectivity index (χ3v) is 8.01. The first-order valence-electron chi connectivity index (χ1n) is 13.8. The van der Waals surface area contributed by atoms with E-state index in [0.29, 0.717) is 22.0 Å². The third-order valence-electron chi connectivity index (χ3n) is 7.60. The predicted molar refractivity (Wildman–Crippen MR) is 162 cm³/mol. The number of carbonyl (C=O) groups excluding carboxylic acids is 2. The molecule has 0 spiro atoms. The van der Waals surface area contributed by atoms with Gasteiger partial charge in [0, 0.05) is 61.4 Å². The first kappa shape index (κ1) is 27.6. The molecule has 2 heterocycles. The van der Waals surface area contributed by atoms with Gasteiger partial charge in [0.15, 0.2) is 0 Å². The molecule has 40 heavy (non-hydrogen) atoms. The van der Waals surface area contributed by atoms with Gasteiger partial charge in [-0.3, -0.25) is 4.79 Å². The van der Waals surface area contributed by atoms with Crippen LogP contribution in [0.3, 0.4) is 0 Å². The van der Waals surface area contributed by atoms with Gasteiger partial charge in [-0.25, -0.2) is 4.79 Å². The van der Waals surface area contributed by atoms with Gasteiger partial charge in [-0.1, -0.05) is 29.8 Å². The zero-order chi connectivity index (χ0) is 28.1. The molecule has 0 aromatic heterocycles. The molecule has 2 saturated heterocycles. The van der Waals surface area contributed by atoms with E-state index >= 15 is 0 Å². The van der Waals surface area contributed by atoms with Crippen LogP contribution in [-0.2, 0) is 0 Å². The Morgan fingerprint density at radius 3 is 2.08 bits per heavy atom. The van der Waals surface area contributed by atoms with Crippen molar-refractivity contribution in [3.05, 3.63) is 76.8 Å². The number of nitrogens with zero attached hydrogens (tertiary/aromatic N) is 3. The van der Waals surface area contributed by atoms with Crippen LogP contribution in [0.2, 0.25) is 5.02 Å². The van der Waals surface area contributed by atoms with Gasteiger partial charge in [0.05, 0.1) is 18.4 Å². The van der Waals surface area contributed by atoms with Crippen LogP contribution < -0.4 is 25.2 Å². The molecule has 2 aliphatic heterocycles. The van der Waals surface area contributed by atoms with E-state index in [4.69, 9.17) is 16.3 Å². The van der Waals surface area contributed by atoms with Crippen LogP contribution in [0.5, 0.6) is 5.75 Å². The molecule has 3 aromatic carbocycles. The molecule has 0 radical (unpaired) electrons. The van der Waals surface area contributed by atoms with Crippen molar-refractivity contribution < 1.29 is 14.3 Å². The lowest BCUT2D eigenvalue weighted by atomic mass is 10.1. The Labute approximate surface area is 240 Å². The number of ether oxygens (including phenoxy) is 1. The van der Waals surface area contributed by atoms with Crippen molar-refractivity contribution in [3.8, 4) is 5.75 Å². The summed E-state index contributed by atoms with van der Waals surface area (Å²) in [5.41, 5.74) is 4.69. The second-order valence-electron chi connectivity index (χ2n) is 10.3. The van der Waals surface area contributed by atoms with Crippen molar-refractivity contribution in [1.29, 1.82) is 0 Å². The minimum Gasteiger partial charge on any atom is -0.495 e. The average Bonchev–Trinajstić information content (AvgIpc) is 2.99. The Balaban J connectivity index is 1.34. The first-order chi connectivity index (χ1) is 19.4. The van der Waals surface area contributed by atoms with Gasteiger partial charge >= 0.3 is 6.03 Å². The zero-order valence-electron chi connectivity index (χ0n) is 23.1. The maximum absolute atomic E-state index is 13.8. The highest BCUT2D eigenvalue weighted by Gasteiger charge is 2.26. The number of hydrogen-bond donors (Lipinski definition) is 2. The van der Waals surface area contributed by atoms with Crippen LogP contribution in [0.4, 0.5) is 27.5 Å². The quantitative estimate of drug-likeness (QED) is 0.372. The molecule has 3 amide bonds. The number of piperazine rings is 1. The highest BCUT2D eigenvalue weighted by atomic mass is 35.5.